The fourth-order valence-electron chi connectivity index (χ4n) is 2.68. The van der Waals surface area contributed by atoms with Crippen LogP contribution in [0.1, 0.15) is 37.9 Å². The maximum absolute atomic E-state index is 12.4. The third kappa shape index (κ3) is 4.64. The Balaban J connectivity index is 1.70. The van der Waals surface area contributed by atoms with Crippen molar-refractivity contribution in [3.8, 4) is 5.75 Å². The minimum Gasteiger partial charge on any atom is -0.481 e. The van der Waals surface area contributed by atoms with E-state index in [0.717, 1.165) is 10.8 Å². The summed E-state index contributed by atoms with van der Waals surface area (Å²) in [5.41, 5.74) is 0.622. The molecule has 2 aromatic carbocycles. The number of nitrogens with zero attached hydrogens (tertiary/aromatic N) is 2. The molecule has 28 heavy (non-hydrogen) atoms. The number of carbonyl (C=O) groups excluding carboxylic acids is 1. The van der Waals surface area contributed by atoms with Crippen LogP contribution >= 0.6 is 0 Å². The minimum absolute atomic E-state index is 0.166. The van der Waals surface area contributed by atoms with Gasteiger partial charge in [-0.3, -0.25) is 4.79 Å². The van der Waals surface area contributed by atoms with Gasteiger partial charge in [0.25, 0.3) is 0 Å². The molecule has 8 nitrogen and oxygen atoms in total. The highest BCUT2D eigenvalue weighted by atomic mass is 16.5. The van der Waals surface area contributed by atoms with Crippen LogP contribution in [0.25, 0.3) is 10.8 Å². The first-order chi connectivity index (χ1) is 13.4. The van der Waals surface area contributed by atoms with E-state index in [1.54, 1.807) is 12.1 Å². The molecule has 146 valence electrons. The van der Waals surface area contributed by atoms with Gasteiger partial charge in [0.2, 0.25) is 11.8 Å². The maximum Gasteiger partial charge on any atom is 0.341 e. The summed E-state index contributed by atoms with van der Waals surface area (Å²) in [6, 6.07) is 10.7. The highest BCUT2D eigenvalue weighted by Gasteiger charge is 2.13. The number of benzene rings is 2. The van der Waals surface area contributed by atoms with E-state index in [0.29, 0.717) is 29.6 Å². The number of amides is 1. The second-order valence-corrected chi connectivity index (χ2v) is 6.59. The molecule has 0 unspecified atom stereocenters. The van der Waals surface area contributed by atoms with Crippen molar-refractivity contribution in [3.05, 3.63) is 48.1 Å². The van der Waals surface area contributed by atoms with Crippen molar-refractivity contribution in [1.82, 2.24) is 10.1 Å². The number of hydrogen-bond acceptors (Lipinski definition) is 6. The van der Waals surface area contributed by atoms with Crippen molar-refractivity contribution < 1.29 is 24.0 Å². The van der Waals surface area contributed by atoms with E-state index in [4.69, 9.17) is 14.4 Å². The number of fused-ring (bicyclic) bond motifs is 1. The van der Waals surface area contributed by atoms with Gasteiger partial charge in [-0.25, -0.2) is 4.79 Å². The molecule has 0 bridgehead atoms. The fourth-order valence-corrected chi connectivity index (χ4v) is 2.68. The Labute approximate surface area is 161 Å². The molecule has 1 amide bonds. The number of hydrogen-bond donors (Lipinski definition) is 2. The van der Waals surface area contributed by atoms with Gasteiger partial charge in [-0.2, -0.15) is 4.98 Å². The van der Waals surface area contributed by atoms with Gasteiger partial charge in [-0.1, -0.05) is 43.3 Å². The van der Waals surface area contributed by atoms with Crippen molar-refractivity contribution in [2.45, 2.75) is 32.6 Å². The molecule has 8 heteroatoms. The molecular formula is C20H21N3O5. The first-order valence-corrected chi connectivity index (χ1v) is 8.92. The number of rotatable bonds is 8. The lowest BCUT2D eigenvalue weighted by Gasteiger charge is -2.12. The predicted molar refractivity (Wildman–Crippen MR) is 102 cm³/mol. The number of anilines is 1. The summed E-state index contributed by atoms with van der Waals surface area (Å²) < 4.78 is 10.5. The number of carbonyl (C=O) groups is 2. The van der Waals surface area contributed by atoms with Crippen LogP contribution in [0.3, 0.4) is 0 Å². The normalized spacial score (nSPS) is 11.0. The molecule has 0 spiro atoms. The number of aryl methyl sites for hydroxylation is 1. The van der Waals surface area contributed by atoms with E-state index in [9.17, 15) is 9.59 Å². The summed E-state index contributed by atoms with van der Waals surface area (Å²) in [6.07, 6.45) is 0.550. The SMILES string of the molecule is CC(C)c1noc(CCC(=O)Nc2ccc(OCC(=O)O)c3ccccc23)n1. The van der Waals surface area contributed by atoms with Crippen molar-refractivity contribution >= 4 is 28.3 Å². The monoisotopic (exact) mass is 383 g/mol. The summed E-state index contributed by atoms with van der Waals surface area (Å²) in [5.74, 6) is 0.430. The lowest BCUT2D eigenvalue weighted by Crippen LogP contribution is -2.13. The molecule has 1 aromatic heterocycles. The molecule has 0 aliphatic rings. The number of carboxylic acid groups (broad SMARTS) is 1. The molecule has 0 fully saturated rings. The zero-order valence-corrected chi connectivity index (χ0v) is 15.6. The number of ether oxygens (including phenoxy) is 1. The second-order valence-electron chi connectivity index (χ2n) is 6.59. The van der Waals surface area contributed by atoms with Crippen molar-refractivity contribution in [1.29, 1.82) is 0 Å². The molecule has 0 saturated heterocycles. The van der Waals surface area contributed by atoms with E-state index in [-0.39, 0.29) is 18.2 Å². The number of carboxylic acids is 1. The minimum atomic E-state index is -1.05. The fraction of sp³-hybridized carbons (Fsp3) is 0.300. The average molecular weight is 383 g/mol. The zero-order chi connectivity index (χ0) is 20.1. The number of nitrogens with one attached hydrogen (secondary N) is 1. The Morgan fingerprint density at radius 3 is 2.61 bits per heavy atom. The molecule has 0 radical (unpaired) electrons. The highest BCUT2D eigenvalue weighted by molar-refractivity contribution is 6.04. The highest BCUT2D eigenvalue weighted by Crippen LogP contribution is 2.31. The molecular weight excluding hydrogens is 362 g/mol. The van der Waals surface area contributed by atoms with E-state index >= 15 is 0 Å². The molecule has 0 saturated carbocycles. The van der Waals surface area contributed by atoms with Gasteiger partial charge < -0.3 is 19.7 Å². The predicted octanol–water partition coefficient (Wildman–Crippen LogP) is 3.38. The number of aliphatic carboxylic acids is 1. The van der Waals surface area contributed by atoms with Crippen LogP contribution in [0.5, 0.6) is 5.75 Å². The van der Waals surface area contributed by atoms with Crippen LogP contribution in [-0.2, 0) is 16.0 Å². The van der Waals surface area contributed by atoms with Crippen LogP contribution in [0.15, 0.2) is 40.9 Å². The topological polar surface area (TPSA) is 115 Å². The first kappa shape index (κ1) is 19.3. The lowest BCUT2D eigenvalue weighted by molar-refractivity contribution is -0.139. The van der Waals surface area contributed by atoms with Gasteiger partial charge in [0.05, 0.1) is 0 Å². The van der Waals surface area contributed by atoms with Crippen LogP contribution in [0, 0.1) is 0 Å². The van der Waals surface area contributed by atoms with Crippen LogP contribution in [0.4, 0.5) is 5.69 Å². The summed E-state index contributed by atoms with van der Waals surface area (Å²) in [6.45, 7) is 3.50. The van der Waals surface area contributed by atoms with Crippen LogP contribution in [-0.4, -0.2) is 33.7 Å². The molecule has 0 atom stereocenters. The standard InChI is InChI=1S/C20H21N3O5/c1-12(2)20-22-18(28-23-20)10-9-17(24)21-15-7-8-16(27-11-19(25)26)14-6-4-3-5-13(14)15/h3-8,12H,9-11H2,1-2H3,(H,21,24)(H,25,26). The summed E-state index contributed by atoms with van der Waals surface area (Å²) >= 11 is 0. The summed E-state index contributed by atoms with van der Waals surface area (Å²) in [4.78, 5) is 27.4. The second kappa shape index (κ2) is 8.51. The molecule has 1 heterocycles. The third-order valence-electron chi connectivity index (χ3n) is 4.08. The van der Waals surface area contributed by atoms with Gasteiger partial charge in [-0.15, -0.1) is 0 Å². The smallest absolute Gasteiger partial charge is 0.341 e. The average Bonchev–Trinajstić information content (AvgIpc) is 3.15. The summed E-state index contributed by atoms with van der Waals surface area (Å²) in [5, 5.41) is 17.1. The van der Waals surface area contributed by atoms with E-state index in [1.807, 2.05) is 38.1 Å². The van der Waals surface area contributed by atoms with Gasteiger partial charge in [0, 0.05) is 35.2 Å². The Bertz CT molecular complexity index is 996. The quantitative estimate of drug-likeness (QED) is 0.613. The van der Waals surface area contributed by atoms with Gasteiger partial charge in [-0.05, 0) is 12.1 Å². The Morgan fingerprint density at radius 2 is 1.93 bits per heavy atom. The van der Waals surface area contributed by atoms with Crippen LogP contribution < -0.4 is 10.1 Å². The van der Waals surface area contributed by atoms with E-state index < -0.39 is 12.6 Å². The third-order valence-corrected chi connectivity index (χ3v) is 4.08. The maximum atomic E-state index is 12.4. The Kier molecular flexibility index (Phi) is 5.88. The van der Waals surface area contributed by atoms with Crippen molar-refractivity contribution in [2.24, 2.45) is 0 Å². The Hall–Kier alpha value is -3.42. The molecule has 2 N–H and O–H groups in total. The first-order valence-electron chi connectivity index (χ1n) is 8.92. The van der Waals surface area contributed by atoms with Crippen LogP contribution in [0.2, 0.25) is 0 Å². The van der Waals surface area contributed by atoms with Crippen molar-refractivity contribution in [3.63, 3.8) is 0 Å². The van der Waals surface area contributed by atoms with Gasteiger partial charge in [0.1, 0.15) is 5.75 Å². The van der Waals surface area contributed by atoms with E-state index in [1.165, 1.54) is 0 Å². The zero-order valence-electron chi connectivity index (χ0n) is 15.6. The number of aromatic nitrogens is 2. The van der Waals surface area contributed by atoms with Gasteiger partial charge >= 0.3 is 5.97 Å². The molecule has 0 aliphatic carbocycles. The van der Waals surface area contributed by atoms with Crippen molar-refractivity contribution in [2.75, 3.05) is 11.9 Å². The van der Waals surface area contributed by atoms with E-state index in [2.05, 4.69) is 15.5 Å². The van der Waals surface area contributed by atoms with Gasteiger partial charge in [0.15, 0.2) is 12.4 Å². The lowest BCUT2D eigenvalue weighted by atomic mass is 10.1. The molecule has 0 aliphatic heterocycles. The molecule has 3 aromatic rings. The molecule has 3 rings (SSSR count). The summed E-state index contributed by atoms with van der Waals surface area (Å²) in [7, 11) is 0. The Morgan fingerprint density at radius 1 is 1.18 bits per heavy atom. The largest absolute Gasteiger partial charge is 0.481 e.